The third-order valence-electron chi connectivity index (χ3n) is 8.03. The summed E-state index contributed by atoms with van der Waals surface area (Å²) in [5.74, 6) is 0.640. The van der Waals surface area contributed by atoms with Crippen molar-refractivity contribution < 1.29 is 23.9 Å². The molecule has 2 saturated heterocycles. The van der Waals surface area contributed by atoms with E-state index in [1.165, 1.54) is 0 Å². The van der Waals surface area contributed by atoms with Gasteiger partial charge < -0.3 is 24.2 Å². The maximum Gasteiger partial charge on any atom is 0.409 e. The van der Waals surface area contributed by atoms with E-state index in [-0.39, 0.29) is 18.0 Å². The second kappa shape index (κ2) is 8.50. The Bertz CT molecular complexity index is 1200. The molecule has 36 heavy (non-hydrogen) atoms. The Kier molecular flexibility index (Phi) is 5.39. The quantitative estimate of drug-likeness (QED) is 0.609. The Hall–Kier alpha value is -3.62. The number of esters is 1. The number of rotatable bonds is 4. The molecule has 2 amide bonds. The van der Waals surface area contributed by atoms with E-state index >= 15 is 0 Å². The normalized spacial score (nSPS) is 24.0. The lowest BCUT2D eigenvalue weighted by Gasteiger charge is -2.34. The van der Waals surface area contributed by atoms with E-state index in [1.54, 1.807) is 17.9 Å². The Morgan fingerprint density at radius 1 is 1.00 bits per heavy atom. The van der Waals surface area contributed by atoms with Gasteiger partial charge in [-0.2, -0.15) is 0 Å². The van der Waals surface area contributed by atoms with Crippen molar-refractivity contribution in [1.29, 1.82) is 0 Å². The van der Waals surface area contributed by atoms with E-state index in [4.69, 9.17) is 9.47 Å². The smallest absolute Gasteiger partial charge is 0.409 e. The Labute approximate surface area is 210 Å². The number of nitrogens with zero attached hydrogens (tertiary/aromatic N) is 4. The molecule has 0 unspecified atom stereocenters. The van der Waals surface area contributed by atoms with E-state index < -0.39 is 11.0 Å². The summed E-state index contributed by atoms with van der Waals surface area (Å²) >= 11 is 0. The third kappa shape index (κ3) is 3.60. The van der Waals surface area contributed by atoms with Gasteiger partial charge in [0.25, 0.3) is 0 Å². The van der Waals surface area contributed by atoms with Crippen LogP contribution in [0.25, 0.3) is 0 Å². The largest absolute Gasteiger partial charge is 0.450 e. The van der Waals surface area contributed by atoms with Crippen molar-refractivity contribution in [3.05, 3.63) is 59.3 Å². The summed E-state index contributed by atoms with van der Waals surface area (Å²) in [6.07, 6.45) is 3.77. The van der Waals surface area contributed by atoms with E-state index in [9.17, 15) is 14.4 Å². The van der Waals surface area contributed by atoms with Crippen molar-refractivity contribution in [1.82, 2.24) is 14.8 Å². The van der Waals surface area contributed by atoms with Crippen molar-refractivity contribution in [3.8, 4) is 0 Å². The molecule has 0 bridgehead atoms. The van der Waals surface area contributed by atoms with Crippen molar-refractivity contribution in [2.24, 2.45) is 0 Å². The van der Waals surface area contributed by atoms with Crippen molar-refractivity contribution in [2.45, 2.75) is 37.2 Å². The SMILES string of the molecule is CCOC(=O)N1CCN(c2ccc(C3(C(=O)N4CC[C@@]5(C4)OC(=O)c4ccccc45)CC3)cn2)CC1. The Morgan fingerprint density at radius 3 is 2.47 bits per heavy atom. The maximum atomic E-state index is 13.7. The zero-order valence-electron chi connectivity index (χ0n) is 20.4. The van der Waals surface area contributed by atoms with Gasteiger partial charge in [0.05, 0.1) is 24.1 Å². The van der Waals surface area contributed by atoms with Gasteiger partial charge in [0.2, 0.25) is 5.91 Å². The molecule has 188 valence electrons. The fraction of sp³-hybridized carbons (Fsp3) is 0.481. The van der Waals surface area contributed by atoms with Gasteiger partial charge in [-0.05, 0) is 37.5 Å². The van der Waals surface area contributed by atoms with Gasteiger partial charge in [-0.1, -0.05) is 24.3 Å². The first-order chi connectivity index (χ1) is 17.5. The van der Waals surface area contributed by atoms with Gasteiger partial charge in [-0.25, -0.2) is 14.6 Å². The average molecular weight is 491 g/mol. The fourth-order valence-corrected chi connectivity index (χ4v) is 5.85. The minimum absolute atomic E-state index is 0.0948. The highest BCUT2D eigenvalue weighted by Gasteiger charge is 2.57. The van der Waals surface area contributed by atoms with E-state index in [2.05, 4.69) is 9.88 Å². The summed E-state index contributed by atoms with van der Waals surface area (Å²) in [5, 5.41) is 0. The van der Waals surface area contributed by atoms with Crippen LogP contribution in [0.15, 0.2) is 42.6 Å². The fourth-order valence-electron chi connectivity index (χ4n) is 5.85. The molecule has 2 aromatic rings. The average Bonchev–Trinajstić information content (AvgIpc) is 3.54. The predicted octanol–water partition coefficient (Wildman–Crippen LogP) is 2.69. The molecule has 1 spiro atoms. The van der Waals surface area contributed by atoms with Gasteiger partial charge in [0.15, 0.2) is 5.60 Å². The molecular weight excluding hydrogens is 460 g/mol. The molecule has 1 atom stereocenters. The summed E-state index contributed by atoms with van der Waals surface area (Å²) in [7, 11) is 0. The number of fused-ring (bicyclic) bond motifs is 2. The first kappa shape index (κ1) is 22.8. The van der Waals surface area contributed by atoms with Crippen LogP contribution in [-0.4, -0.2) is 78.6 Å². The van der Waals surface area contributed by atoms with Crippen LogP contribution < -0.4 is 4.90 Å². The highest BCUT2D eigenvalue weighted by atomic mass is 16.6. The Morgan fingerprint density at radius 2 is 1.78 bits per heavy atom. The second-order valence-electron chi connectivity index (χ2n) is 10.1. The Balaban J connectivity index is 1.13. The summed E-state index contributed by atoms with van der Waals surface area (Å²) in [5.41, 5.74) is 1.17. The van der Waals surface area contributed by atoms with Crippen molar-refractivity contribution >= 4 is 23.8 Å². The van der Waals surface area contributed by atoms with Gasteiger partial charge in [0, 0.05) is 50.9 Å². The number of aromatic nitrogens is 1. The standard InChI is InChI=1S/C27H30N4O5/c1-2-35-25(34)30-15-13-29(14-16-30)22-8-7-19(17-28-22)26(9-10-26)24(33)31-12-11-27(18-31)21-6-4-3-5-20(21)23(32)36-27/h3-8,17H,2,9-16,18H2,1H3/t27-/m0/s1. The number of amides is 2. The van der Waals surface area contributed by atoms with Gasteiger partial charge >= 0.3 is 12.1 Å². The lowest BCUT2D eigenvalue weighted by atomic mass is 9.91. The molecule has 3 fully saturated rings. The van der Waals surface area contributed by atoms with Gasteiger partial charge in [0.1, 0.15) is 5.82 Å². The number of piperazine rings is 1. The van der Waals surface area contributed by atoms with Crippen LogP contribution in [0.3, 0.4) is 0 Å². The minimum Gasteiger partial charge on any atom is -0.450 e. The zero-order valence-corrected chi connectivity index (χ0v) is 20.4. The van der Waals surface area contributed by atoms with Crippen LogP contribution in [0.1, 0.15) is 47.7 Å². The minimum atomic E-state index is -0.729. The van der Waals surface area contributed by atoms with Crippen LogP contribution >= 0.6 is 0 Å². The van der Waals surface area contributed by atoms with Gasteiger partial charge in [-0.15, -0.1) is 0 Å². The zero-order chi connectivity index (χ0) is 24.9. The molecule has 1 aromatic heterocycles. The first-order valence-corrected chi connectivity index (χ1v) is 12.7. The number of anilines is 1. The van der Waals surface area contributed by atoms with Crippen LogP contribution in [-0.2, 0) is 25.3 Å². The highest BCUT2D eigenvalue weighted by Crippen LogP contribution is 2.52. The predicted molar refractivity (Wildman–Crippen MR) is 131 cm³/mol. The van der Waals surface area contributed by atoms with Crippen LogP contribution in [0.2, 0.25) is 0 Å². The topological polar surface area (TPSA) is 92.3 Å². The molecule has 1 saturated carbocycles. The van der Waals surface area contributed by atoms with Crippen molar-refractivity contribution in [2.75, 3.05) is 50.8 Å². The summed E-state index contributed by atoms with van der Waals surface area (Å²) in [4.78, 5) is 48.5. The summed E-state index contributed by atoms with van der Waals surface area (Å²) in [6, 6.07) is 11.5. The van der Waals surface area contributed by atoms with Gasteiger partial charge in [-0.3, -0.25) is 4.79 Å². The molecule has 4 aliphatic rings. The molecule has 0 radical (unpaired) electrons. The third-order valence-corrected chi connectivity index (χ3v) is 8.03. The number of carbonyl (C=O) groups excluding carboxylic acids is 3. The molecule has 1 aliphatic carbocycles. The molecule has 1 aromatic carbocycles. The van der Waals surface area contributed by atoms with Crippen LogP contribution in [0.5, 0.6) is 0 Å². The maximum absolute atomic E-state index is 13.7. The molecule has 4 heterocycles. The van der Waals surface area contributed by atoms with E-state index in [0.29, 0.717) is 57.9 Å². The number of benzene rings is 1. The molecule has 3 aliphatic heterocycles. The second-order valence-corrected chi connectivity index (χ2v) is 10.1. The van der Waals surface area contributed by atoms with Crippen LogP contribution in [0.4, 0.5) is 10.6 Å². The molecule has 0 N–H and O–H groups in total. The monoisotopic (exact) mass is 490 g/mol. The van der Waals surface area contributed by atoms with Crippen molar-refractivity contribution in [3.63, 3.8) is 0 Å². The lowest BCUT2D eigenvalue weighted by molar-refractivity contribution is -0.134. The number of hydrogen-bond donors (Lipinski definition) is 0. The van der Waals surface area contributed by atoms with E-state index in [1.807, 2.05) is 41.4 Å². The highest BCUT2D eigenvalue weighted by molar-refractivity contribution is 5.96. The summed E-state index contributed by atoms with van der Waals surface area (Å²) < 4.78 is 10.9. The lowest BCUT2D eigenvalue weighted by Crippen LogP contribution is -2.49. The molecular formula is C27H30N4O5. The number of ether oxygens (including phenoxy) is 2. The number of hydrogen-bond acceptors (Lipinski definition) is 7. The molecule has 9 nitrogen and oxygen atoms in total. The molecule has 6 rings (SSSR count). The van der Waals surface area contributed by atoms with E-state index in [0.717, 1.165) is 29.8 Å². The summed E-state index contributed by atoms with van der Waals surface area (Å²) in [6.45, 7) is 5.70. The number of pyridine rings is 1. The van der Waals surface area contributed by atoms with Crippen LogP contribution in [0, 0.1) is 0 Å². The molecule has 9 heteroatoms. The number of carbonyl (C=O) groups is 3. The first-order valence-electron chi connectivity index (χ1n) is 12.7. The number of likely N-dealkylation sites (tertiary alicyclic amines) is 1.